The van der Waals surface area contributed by atoms with Gasteiger partial charge in [0.1, 0.15) is 5.82 Å². The maximum absolute atomic E-state index is 13.3. The Kier molecular flexibility index (Phi) is 6.23. The molecule has 3 heterocycles. The SMILES string of the molecule is O=C(Nc1ccc(Br)cn1)C1CCN(C(=O)C(c2ccccc2)n2cccn2)CC1. The van der Waals surface area contributed by atoms with E-state index in [2.05, 4.69) is 31.3 Å². The highest BCUT2D eigenvalue weighted by molar-refractivity contribution is 9.10. The molecule has 7 nitrogen and oxygen atoms in total. The van der Waals surface area contributed by atoms with Gasteiger partial charge >= 0.3 is 0 Å². The Morgan fingerprint density at radius 3 is 2.47 bits per heavy atom. The van der Waals surface area contributed by atoms with Crippen LogP contribution in [0, 0.1) is 5.92 Å². The molecule has 1 N–H and O–H groups in total. The molecular weight excluding hydrogens is 446 g/mol. The molecule has 0 saturated carbocycles. The van der Waals surface area contributed by atoms with Gasteiger partial charge in [-0.1, -0.05) is 30.3 Å². The number of rotatable bonds is 5. The maximum Gasteiger partial charge on any atom is 0.252 e. The zero-order chi connectivity index (χ0) is 20.9. The van der Waals surface area contributed by atoms with Crippen LogP contribution in [-0.2, 0) is 9.59 Å². The minimum absolute atomic E-state index is 0.00154. The summed E-state index contributed by atoms with van der Waals surface area (Å²) in [6, 6.07) is 14.6. The van der Waals surface area contributed by atoms with Crippen molar-refractivity contribution in [2.75, 3.05) is 18.4 Å². The number of carbonyl (C=O) groups is 2. The average molecular weight is 468 g/mol. The number of pyridine rings is 1. The maximum atomic E-state index is 13.3. The lowest BCUT2D eigenvalue weighted by Crippen LogP contribution is -2.44. The number of anilines is 1. The first-order chi connectivity index (χ1) is 14.6. The summed E-state index contributed by atoms with van der Waals surface area (Å²) in [5.74, 6) is 0.339. The number of likely N-dealkylation sites (tertiary alicyclic amines) is 1. The minimum atomic E-state index is -0.501. The zero-order valence-electron chi connectivity index (χ0n) is 16.3. The van der Waals surface area contributed by atoms with Gasteiger partial charge in [-0.15, -0.1) is 0 Å². The number of halogens is 1. The molecule has 4 rings (SSSR count). The predicted octanol–water partition coefficient (Wildman–Crippen LogP) is 3.51. The Morgan fingerprint density at radius 2 is 1.83 bits per heavy atom. The standard InChI is InChI=1S/C22H22BrN5O2/c23-18-7-8-19(24-15-18)26-21(29)17-9-13-27(14-10-17)22(30)20(28-12-4-11-25-28)16-5-2-1-3-6-16/h1-8,11-12,15,17,20H,9-10,13-14H2,(H,24,26,29). The van der Waals surface area contributed by atoms with Crippen molar-refractivity contribution in [3.63, 3.8) is 0 Å². The summed E-state index contributed by atoms with van der Waals surface area (Å²) < 4.78 is 2.55. The highest BCUT2D eigenvalue weighted by Crippen LogP contribution is 2.25. The molecule has 1 aliphatic rings. The summed E-state index contributed by atoms with van der Waals surface area (Å²) in [4.78, 5) is 32.0. The smallest absolute Gasteiger partial charge is 0.252 e. The Morgan fingerprint density at radius 1 is 1.07 bits per heavy atom. The van der Waals surface area contributed by atoms with E-state index in [-0.39, 0.29) is 17.7 Å². The number of hydrogen-bond donors (Lipinski definition) is 1. The number of piperidine rings is 1. The number of benzene rings is 1. The van der Waals surface area contributed by atoms with Gasteiger partial charge in [0.25, 0.3) is 5.91 Å². The van der Waals surface area contributed by atoms with Crippen molar-refractivity contribution in [2.24, 2.45) is 5.92 Å². The lowest BCUT2D eigenvalue weighted by Gasteiger charge is -2.33. The third-order valence-electron chi connectivity index (χ3n) is 5.29. The molecule has 1 fully saturated rings. The van der Waals surface area contributed by atoms with Gasteiger partial charge in [-0.3, -0.25) is 14.3 Å². The van der Waals surface area contributed by atoms with Crippen LogP contribution >= 0.6 is 15.9 Å². The van der Waals surface area contributed by atoms with Crippen LogP contribution in [0.3, 0.4) is 0 Å². The molecule has 30 heavy (non-hydrogen) atoms. The van der Waals surface area contributed by atoms with Gasteiger partial charge in [0, 0.05) is 42.1 Å². The number of nitrogens with zero attached hydrogens (tertiary/aromatic N) is 4. The number of aromatic nitrogens is 3. The molecular formula is C22H22BrN5O2. The Hall–Kier alpha value is -3.00. The lowest BCUT2D eigenvalue weighted by molar-refractivity contribution is -0.136. The minimum Gasteiger partial charge on any atom is -0.340 e. The molecule has 2 aromatic heterocycles. The monoisotopic (exact) mass is 467 g/mol. The molecule has 3 aromatic rings. The summed E-state index contributed by atoms with van der Waals surface area (Å²) in [5, 5.41) is 7.17. The summed E-state index contributed by atoms with van der Waals surface area (Å²) in [6.45, 7) is 1.07. The van der Waals surface area contributed by atoms with Crippen molar-refractivity contribution in [1.29, 1.82) is 0 Å². The predicted molar refractivity (Wildman–Crippen MR) is 117 cm³/mol. The van der Waals surface area contributed by atoms with Crippen molar-refractivity contribution >= 4 is 33.6 Å². The number of hydrogen-bond acceptors (Lipinski definition) is 4. The van der Waals surface area contributed by atoms with Crippen molar-refractivity contribution in [3.8, 4) is 0 Å². The third-order valence-corrected chi connectivity index (χ3v) is 5.76. The van der Waals surface area contributed by atoms with Crippen molar-refractivity contribution in [3.05, 3.63) is 77.2 Å². The molecule has 0 aliphatic carbocycles. The van der Waals surface area contributed by atoms with Crippen LogP contribution in [0.4, 0.5) is 5.82 Å². The molecule has 1 atom stereocenters. The van der Waals surface area contributed by atoms with Crippen molar-refractivity contribution < 1.29 is 9.59 Å². The fourth-order valence-electron chi connectivity index (χ4n) is 3.69. The molecule has 2 amide bonds. The van der Waals surface area contributed by atoms with Gasteiger partial charge in [0.15, 0.2) is 6.04 Å². The highest BCUT2D eigenvalue weighted by Gasteiger charge is 2.32. The van der Waals surface area contributed by atoms with E-state index in [1.807, 2.05) is 47.4 Å². The number of carbonyl (C=O) groups excluding carboxylic acids is 2. The van der Waals surface area contributed by atoms with E-state index in [1.165, 1.54) is 0 Å². The summed E-state index contributed by atoms with van der Waals surface area (Å²) in [7, 11) is 0. The van der Waals surface area contributed by atoms with Crippen LogP contribution in [0.2, 0.25) is 0 Å². The van der Waals surface area contributed by atoms with E-state index < -0.39 is 6.04 Å². The topological polar surface area (TPSA) is 80.1 Å². The molecule has 0 spiro atoms. The van der Waals surface area contributed by atoms with Crippen molar-refractivity contribution in [2.45, 2.75) is 18.9 Å². The average Bonchev–Trinajstić information content (AvgIpc) is 3.30. The summed E-state index contributed by atoms with van der Waals surface area (Å²) in [6.07, 6.45) is 6.37. The van der Waals surface area contributed by atoms with Crippen molar-refractivity contribution in [1.82, 2.24) is 19.7 Å². The first-order valence-corrected chi connectivity index (χ1v) is 10.7. The van der Waals surface area contributed by atoms with E-state index in [9.17, 15) is 9.59 Å². The second-order valence-electron chi connectivity index (χ2n) is 7.25. The highest BCUT2D eigenvalue weighted by atomic mass is 79.9. The molecule has 1 unspecified atom stereocenters. The Balaban J connectivity index is 1.40. The second kappa shape index (κ2) is 9.21. The van der Waals surface area contributed by atoms with Crippen LogP contribution < -0.4 is 5.32 Å². The van der Waals surface area contributed by atoms with Crippen LogP contribution in [-0.4, -0.2) is 44.6 Å². The first kappa shape index (κ1) is 20.3. The van der Waals surface area contributed by atoms with E-state index in [0.717, 1.165) is 10.0 Å². The fraction of sp³-hybridized carbons (Fsp3) is 0.273. The molecule has 1 aromatic carbocycles. The molecule has 0 bridgehead atoms. The third kappa shape index (κ3) is 4.59. The second-order valence-corrected chi connectivity index (χ2v) is 8.17. The van der Waals surface area contributed by atoms with Crippen LogP contribution in [0.1, 0.15) is 24.4 Å². The van der Waals surface area contributed by atoms with E-state index >= 15 is 0 Å². The molecule has 8 heteroatoms. The quantitative estimate of drug-likeness (QED) is 0.622. The Bertz CT molecular complexity index is 984. The van der Waals surface area contributed by atoms with Gasteiger partial charge in [-0.05, 0) is 52.5 Å². The Labute approximate surface area is 183 Å². The first-order valence-electron chi connectivity index (χ1n) is 9.87. The lowest BCUT2D eigenvalue weighted by atomic mass is 9.94. The largest absolute Gasteiger partial charge is 0.340 e. The van der Waals surface area contributed by atoms with Crippen LogP contribution in [0.25, 0.3) is 0 Å². The van der Waals surface area contributed by atoms with E-state index in [0.29, 0.717) is 31.7 Å². The summed E-state index contributed by atoms with van der Waals surface area (Å²) in [5.41, 5.74) is 0.896. The number of amides is 2. The molecule has 154 valence electrons. The fourth-order valence-corrected chi connectivity index (χ4v) is 3.92. The zero-order valence-corrected chi connectivity index (χ0v) is 17.9. The van der Waals surface area contributed by atoms with E-state index in [1.54, 1.807) is 29.3 Å². The summed E-state index contributed by atoms with van der Waals surface area (Å²) >= 11 is 3.33. The van der Waals surface area contributed by atoms with Gasteiger partial charge in [0.2, 0.25) is 5.91 Å². The van der Waals surface area contributed by atoms with Gasteiger partial charge in [-0.25, -0.2) is 4.98 Å². The van der Waals surface area contributed by atoms with Crippen LogP contribution in [0.15, 0.2) is 71.6 Å². The van der Waals surface area contributed by atoms with Gasteiger partial charge < -0.3 is 10.2 Å². The van der Waals surface area contributed by atoms with Gasteiger partial charge in [-0.2, -0.15) is 5.10 Å². The normalized spacial score (nSPS) is 15.6. The van der Waals surface area contributed by atoms with Gasteiger partial charge in [0.05, 0.1) is 0 Å². The van der Waals surface area contributed by atoms with Crippen LogP contribution in [0.5, 0.6) is 0 Å². The molecule has 1 saturated heterocycles. The van der Waals surface area contributed by atoms with E-state index in [4.69, 9.17) is 0 Å². The molecule has 1 aliphatic heterocycles. The molecule has 0 radical (unpaired) electrons. The number of nitrogens with one attached hydrogen (secondary N) is 1.